The van der Waals surface area contributed by atoms with E-state index >= 15 is 0 Å². The van der Waals surface area contributed by atoms with Crippen LogP contribution in [-0.4, -0.2) is 28.1 Å². The van der Waals surface area contributed by atoms with Gasteiger partial charge in [-0.05, 0) is 29.2 Å². The third kappa shape index (κ3) is 4.15. The molecule has 0 saturated heterocycles. The molecule has 0 aliphatic carbocycles. The van der Waals surface area contributed by atoms with Crippen molar-refractivity contribution in [3.63, 3.8) is 0 Å². The lowest BCUT2D eigenvalue weighted by molar-refractivity contribution is 0.0779. The second-order valence-electron chi connectivity index (χ2n) is 6.25. The van der Waals surface area contributed by atoms with Gasteiger partial charge < -0.3 is 4.90 Å². The van der Waals surface area contributed by atoms with Gasteiger partial charge in [0.2, 0.25) is 0 Å². The molecule has 1 aromatic heterocycles. The largest absolute Gasteiger partial charge is 0.336 e. The maximum atomic E-state index is 12.5. The molecule has 0 bridgehead atoms. The van der Waals surface area contributed by atoms with Crippen LogP contribution in [0.5, 0.6) is 0 Å². The van der Waals surface area contributed by atoms with Gasteiger partial charge in [-0.25, -0.2) is 0 Å². The summed E-state index contributed by atoms with van der Waals surface area (Å²) in [5.74, 6) is -0.0641. The van der Waals surface area contributed by atoms with Crippen molar-refractivity contribution in [2.45, 2.75) is 26.3 Å². The van der Waals surface area contributed by atoms with Gasteiger partial charge in [0, 0.05) is 19.3 Å². The predicted octanol–water partition coefficient (Wildman–Crippen LogP) is 4.30. The van der Waals surface area contributed by atoms with E-state index in [4.69, 9.17) is 0 Å². The number of aromatic nitrogens is 2. The van der Waals surface area contributed by atoms with E-state index in [1.807, 2.05) is 31.3 Å². The van der Waals surface area contributed by atoms with E-state index in [1.54, 1.807) is 4.90 Å². The van der Waals surface area contributed by atoms with Gasteiger partial charge in [0.15, 0.2) is 0 Å². The first-order chi connectivity index (χ1) is 12.2. The van der Waals surface area contributed by atoms with E-state index in [1.165, 1.54) is 11.1 Å². The predicted molar refractivity (Wildman–Crippen MR) is 100 cm³/mol. The highest BCUT2D eigenvalue weighted by molar-refractivity contribution is 5.92. The zero-order chi connectivity index (χ0) is 17.6. The number of aromatic amines is 1. The summed E-state index contributed by atoms with van der Waals surface area (Å²) < 4.78 is 0. The first-order valence-electron chi connectivity index (χ1n) is 8.61. The molecule has 3 rings (SSSR count). The standard InChI is InChI=1S/C21H23N3O/c1-3-7-19-14-20(23-22-19)21(25)24(2)15-16-10-12-18(13-11-16)17-8-5-4-6-9-17/h4-6,8-14H,3,7,15H2,1-2H3,(H,22,23). The normalized spacial score (nSPS) is 10.6. The molecular formula is C21H23N3O. The Morgan fingerprint density at radius 2 is 1.72 bits per heavy atom. The zero-order valence-electron chi connectivity index (χ0n) is 14.7. The number of hydrogen-bond donors (Lipinski definition) is 1. The first-order valence-corrected chi connectivity index (χ1v) is 8.61. The van der Waals surface area contributed by atoms with Crippen molar-refractivity contribution in [1.29, 1.82) is 0 Å². The fraction of sp³-hybridized carbons (Fsp3) is 0.238. The minimum atomic E-state index is -0.0641. The van der Waals surface area contributed by atoms with Gasteiger partial charge in [-0.15, -0.1) is 0 Å². The number of benzene rings is 2. The monoisotopic (exact) mass is 333 g/mol. The van der Waals surface area contributed by atoms with Crippen molar-refractivity contribution in [3.8, 4) is 11.1 Å². The van der Waals surface area contributed by atoms with Crippen LogP contribution in [0, 0.1) is 0 Å². The minimum Gasteiger partial charge on any atom is -0.336 e. The van der Waals surface area contributed by atoms with E-state index in [9.17, 15) is 4.79 Å². The molecule has 2 aromatic carbocycles. The summed E-state index contributed by atoms with van der Waals surface area (Å²) >= 11 is 0. The van der Waals surface area contributed by atoms with E-state index in [0.29, 0.717) is 12.2 Å². The highest BCUT2D eigenvalue weighted by atomic mass is 16.2. The molecule has 0 unspecified atom stereocenters. The zero-order valence-corrected chi connectivity index (χ0v) is 14.7. The first kappa shape index (κ1) is 17.0. The number of H-pyrrole nitrogens is 1. The summed E-state index contributed by atoms with van der Waals surface area (Å²) in [5, 5.41) is 7.07. The number of amides is 1. The second-order valence-corrected chi connectivity index (χ2v) is 6.25. The number of rotatable bonds is 6. The molecule has 4 heteroatoms. The molecule has 0 spiro atoms. The Morgan fingerprint density at radius 3 is 2.40 bits per heavy atom. The van der Waals surface area contributed by atoms with Gasteiger partial charge in [0.1, 0.15) is 5.69 Å². The third-order valence-corrected chi connectivity index (χ3v) is 4.20. The van der Waals surface area contributed by atoms with Crippen LogP contribution in [0.25, 0.3) is 11.1 Å². The number of hydrogen-bond acceptors (Lipinski definition) is 2. The molecule has 1 heterocycles. The highest BCUT2D eigenvalue weighted by Gasteiger charge is 2.15. The third-order valence-electron chi connectivity index (χ3n) is 4.20. The van der Waals surface area contributed by atoms with Crippen LogP contribution in [-0.2, 0) is 13.0 Å². The molecule has 1 amide bonds. The van der Waals surface area contributed by atoms with Gasteiger partial charge >= 0.3 is 0 Å². The highest BCUT2D eigenvalue weighted by Crippen LogP contribution is 2.20. The van der Waals surface area contributed by atoms with Crippen LogP contribution < -0.4 is 0 Å². The number of nitrogens with one attached hydrogen (secondary N) is 1. The molecule has 0 radical (unpaired) electrons. The lowest BCUT2D eigenvalue weighted by atomic mass is 10.0. The van der Waals surface area contributed by atoms with E-state index in [-0.39, 0.29) is 5.91 Å². The SMILES string of the molecule is CCCc1cc(C(=O)N(C)Cc2ccc(-c3ccccc3)cc2)n[nH]1. The number of carbonyl (C=O) groups excluding carboxylic acids is 1. The number of carbonyl (C=O) groups is 1. The summed E-state index contributed by atoms with van der Waals surface area (Å²) in [5.41, 5.74) is 4.95. The molecule has 128 valence electrons. The summed E-state index contributed by atoms with van der Waals surface area (Å²) in [6.45, 7) is 2.66. The Kier molecular flexibility index (Phi) is 5.29. The second kappa shape index (κ2) is 7.79. The Balaban J connectivity index is 1.65. The topological polar surface area (TPSA) is 49.0 Å². The number of nitrogens with zero attached hydrogens (tertiary/aromatic N) is 2. The molecular weight excluding hydrogens is 310 g/mol. The molecule has 0 aliphatic rings. The van der Waals surface area contributed by atoms with Crippen molar-refractivity contribution in [2.24, 2.45) is 0 Å². The van der Waals surface area contributed by atoms with Gasteiger partial charge in [-0.3, -0.25) is 9.89 Å². The van der Waals surface area contributed by atoms with Gasteiger partial charge in [0.25, 0.3) is 5.91 Å². The number of aryl methyl sites for hydroxylation is 1. The molecule has 0 aliphatic heterocycles. The maximum absolute atomic E-state index is 12.5. The maximum Gasteiger partial charge on any atom is 0.274 e. The van der Waals surface area contributed by atoms with Crippen molar-refractivity contribution < 1.29 is 4.79 Å². The Hall–Kier alpha value is -2.88. The quantitative estimate of drug-likeness (QED) is 0.731. The average Bonchev–Trinajstić information content (AvgIpc) is 3.11. The van der Waals surface area contributed by atoms with Gasteiger partial charge in [-0.2, -0.15) is 5.10 Å². The summed E-state index contributed by atoms with van der Waals surface area (Å²) in [4.78, 5) is 14.2. The Bertz CT molecular complexity index is 822. The van der Waals surface area contributed by atoms with E-state index < -0.39 is 0 Å². The molecule has 4 nitrogen and oxygen atoms in total. The van der Waals surface area contributed by atoms with E-state index in [2.05, 4.69) is 53.5 Å². The van der Waals surface area contributed by atoms with Crippen LogP contribution >= 0.6 is 0 Å². The molecule has 1 N–H and O–H groups in total. The van der Waals surface area contributed by atoms with Crippen molar-refractivity contribution in [1.82, 2.24) is 15.1 Å². The fourth-order valence-electron chi connectivity index (χ4n) is 2.84. The van der Waals surface area contributed by atoms with Crippen molar-refractivity contribution >= 4 is 5.91 Å². The smallest absolute Gasteiger partial charge is 0.274 e. The van der Waals surface area contributed by atoms with Crippen molar-refractivity contribution in [3.05, 3.63) is 77.6 Å². The fourth-order valence-corrected chi connectivity index (χ4v) is 2.84. The molecule has 0 saturated carbocycles. The Labute approximate surface area is 148 Å². The lowest BCUT2D eigenvalue weighted by Crippen LogP contribution is -2.26. The van der Waals surface area contributed by atoms with Crippen LogP contribution in [0.4, 0.5) is 0 Å². The summed E-state index contributed by atoms with van der Waals surface area (Å²) in [6, 6.07) is 20.4. The Morgan fingerprint density at radius 1 is 1.04 bits per heavy atom. The van der Waals surface area contributed by atoms with Gasteiger partial charge in [0.05, 0.1) is 0 Å². The molecule has 0 atom stereocenters. The summed E-state index contributed by atoms with van der Waals surface area (Å²) in [6.07, 6.45) is 1.93. The molecule has 0 fully saturated rings. The van der Waals surface area contributed by atoms with E-state index in [0.717, 1.165) is 24.1 Å². The van der Waals surface area contributed by atoms with Crippen molar-refractivity contribution in [2.75, 3.05) is 7.05 Å². The van der Waals surface area contributed by atoms with Gasteiger partial charge in [-0.1, -0.05) is 67.9 Å². The van der Waals surface area contributed by atoms with Crippen LogP contribution in [0.15, 0.2) is 60.7 Å². The molecule has 25 heavy (non-hydrogen) atoms. The minimum absolute atomic E-state index is 0.0641. The lowest BCUT2D eigenvalue weighted by Gasteiger charge is -2.16. The van der Waals surface area contributed by atoms with Crippen LogP contribution in [0.1, 0.15) is 35.1 Å². The van der Waals surface area contributed by atoms with Crippen LogP contribution in [0.2, 0.25) is 0 Å². The average molecular weight is 333 g/mol. The summed E-state index contributed by atoms with van der Waals surface area (Å²) in [7, 11) is 1.81. The molecule has 3 aromatic rings. The van der Waals surface area contributed by atoms with Crippen LogP contribution in [0.3, 0.4) is 0 Å².